The Morgan fingerprint density at radius 1 is 1.28 bits per heavy atom. The molecule has 1 aromatic rings. The molecule has 0 heterocycles. The lowest BCUT2D eigenvalue weighted by Gasteiger charge is -2.16. The van der Waals surface area contributed by atoms with Gasteiger partial charge in [0.2, 0.25) is 0 Å². The molecule has 100 valence electrons. The number of amides is 1. The van der Waals surface area contributed by atoms with E-state index in [0.29, 0.717) is 6.54 Å². The van der Waals surface area contributed by atoms with Gasteiger partial charge in [-0.25, -0.2) is 0 Å². The zero-order valence-corrected chi connectivity index (χ0v) is 11.6. The maximum absolute atomic E-state index is 12.1. The fourth-order valence-corrected chi connectivity index (χ4v) is 2.07. The van der Waals surface area contributed by atoms with Crippen molar-refractivity contribution in [2.75, 3.05) is 6.54 Å². The molecular weight excluding hydrogens is 224 g/mol. The Morgan fingerprint density at radius 2 is 1.89 bits per heavy atom. The summed E-state index contributed by atoms with van der Waals surface area (Å²) in [6, 6.07) is 5.97. The van der Waals surface area contributed by atoms with Crippen LogP contribution in [0.1, 0.15) is 47.7 Å². The first kappa shape index (κ1) is 14.7. The number of carbonyl (C=O) groups is 1. The summed E-state index contributed by atoms with van der Waals surface area (Å²) in [4.78, 5) is 12.1. The monoisotopic (exact) mass is 248 g/mol. The van der Waals surface area contributed by atoms with E-state index in [2.05, 4.69) is 18.3 Å². The Morgan fingerprint density at radius 3 is 2.39 bits per heavy atom. The number of hydrogen-bond donors (Lipinski definition) is 2. The first-order valence-electron chi connectivity index (χ1n) is 6.66. The van der Waals surface area contributed by atoms with Crippen molar-refractivity contribution in [3.8, 4) is 0 Å². The molecule has 3 N–H and O–H groups in total. The number of nitrogens with one attached hydrogen (secondary N) is 1. The first-order chi connectivity index (χ1) is 8.56. The van der Waals surface area contributed by atoms with Crippen LogP contribution in [0, 0.1) is 13.8 Å². The van der Waals surface area contributed by atoms with E-state index in [1.165, 1.54) is 0 Å². The van der Waals surface area contributed by atoms with Gasteiger partial charge < -0.3 is 11.1 Å². The summed E-state index contributed by atoms with van der Waals surface area (Å²) < 4.78 is 0. The van der Waals surface area contributed by atoms with E-state index in [-0.39, 0.29) is 11.9 Å². The van der Waals surface area contributed by atoms with E-state index < -0.39 is 0 Å². The highest BCUT2D eigenvalue weighted by atomic mass is 16.1. The Bertz CT molecular complexity index is 381. The zero-order chi connectivity index (χ0) is 13.5. The quantitative estimate of drug-likeness (QED) is 0.813. The molecule has 0 spiro atoms. The summed E-state index contributed by atoms with van der Waals surface area (Å²) in [6.45, 7) is 6.64. The van der Waals surface area contributed by atoms with Gasteiger partial charge in [-0.1, -0.05) is 37.0 Å². The van der Waals surface area contributed by atoms with E-state index in [9.17, 15) is 4.79 Å². The average molecular weight is 248 g/mol. The van der Waals surface area contributed by atoms with Crippen LogP contribution < -0.4 is 11.1 Å². The third-order valence-corrected chi connectivity index (χ3v) is 3.01. The number of carbonyl (C=O) groups excluding carboxylic acids is 1. The van der Waals surface area contributed by atoms with Gasteiger partial charge in [0.05, 0.1) is 0 Å². The summed E-state index contributed by atoms with van der Waals surface area (Å²) in [5.74, 6) is -0.0200. The van der Waals surface area contributed by atoms with E-state index in [0.717, 1.165) is 36.0 Å². The smallest absolute Gasteiger partial charge is 0.251 e. The van der Waals surface area contributed by atoms with Crippen molar-refractivity contribution in [3.63, 3.8) is 0 Å². The second-order valence-corrected chi connectivity index (χ2v) is 4.92. The zero-order valence-electron chi connectivity index (χ0n) is 11.6. The van der Waals surface area contributed by atoms with Crippen molar-refractivity contribution in [2.24, 2.45) is 5.73 Å². The van der Waals surface area contributed by atoms with Crippen molar-refractivity contribution in [1.29, 1.82) is 0 Å². The van der Waals surface area contributed by atoms with Gasteiger partial charge in [-0.3, -0.25) is 4.79 Å². The van der Waals surface area contributed by atoms with Gasteiger partial charge in [0, 0.05) is 18.2 Å². The molecule has 1 rings (SSSR count). The minimum absolute atomic E-state index is 0.0200. The lowest BCUT2D eigenvalue weighted by Crippen LogP contribution is -2.40. The van der Waals surface area contributed by atoms with Gasteiger partial charge in [-0.2, -0.15) is 0 Å². The molecule has 0 aromatic heterocycles. The van der Waals surface area contributed by atoms with E-state index >= 15 is 0 Å². The molecule has 3 nitrogen and oxygen atoms in total. The second-order valence-electron chi connectivity index (χ2n) is 4.92. The highest BCUT2D eigenvalue weighted by Gasteiger charge is 2.12. The summed E-state index contributed by atoms with van der Waals surface area (Å²) >= 11 is 0. The van der Waals surface area contributed by atoms with Crippen LogP contribution in [0.5, 0.6) is 0 Å². The molecule has 1 atom stereocenters. The van der Waals surface area contributed by atoms with E-state index in [4.69, 9.17) is 5.73 Å². The molecule has 0 bridgehead atoms. The lowest BCUT2D eigenvalue weighted by molar-refractivity contribution is 0.0935. The first-order valence-corrected chi connectivity index (χ1v) is 6.66. The largest absolute Gasteiger partial charge is 0.348 e. The molecular formula is C15H24N2O. The van der Waals surface area contributed by atoms with E-state index in [1.807, 2.05) is 26.0 Å². The second kappa shape index (κ2) is 7.17. The van der Waals surface area contributed by atoms with Crippen molar-refractivity contribution >= 4 is 5.91 Å². The topological polar surface area (TPSA) is 55.1 Å². The SMILES string of the molecule is CCCCC(CN)NC(=O)c1cc(C)cc(C)c1. The summed E-state index contributed by atoms with van der Waals surface area (Å²) in [5.41, 5.74) is 8.63. The molecule has 1 aromatic carbocycles. The third-order valence-electron chi connectivity index (χ3n) is 3.01. The van der Waals surface area contributed by atoms with Crippen LogP contribution in [-0.4, -0.2) is 18.5 Å². The highest BCUT2D eigenvalue weighted by Crippen LogP contribution is 2.09. The Kier molecular flexibility index (Phi) is 5.86. The van der Waals surface area contributed by atoms with Gasteiger partial charge in [0.25, 0.3) is 5.91 Å². The van der Waals surface area contributed by atoms with Crippen molar-refractivity contribution in [2.45, 2.75) is 46.1 Å². The minimum Gasteiger partial charge on any atom is -0.348 e. The third kappa shape index (κ3) is 4.49. The fraction of sp³-hybridized carbons (Fsp3) is 0.533. The molecule has 0 saturated heterocycles. The number of hydrogen-bond acceptors (Lipinski definition) is 2. The predicted octanol–water partition coefficient (Wildman–Crippen LogP) is 2.55. The molecule has 1 unspecified atom stereocenters. The average Bonchev–Trinajstić information content (AvgIpc) is 2.32. The molecule has 0 aliphatic carbocycles. The number of aryl methyl sites for hydroxylation is 2. The fourth-order valence-electron chi connectivity index (χ4n) is 2.07. The van der Waals surface area contributed by atoms with Crippen molar-refractivity contribution < 1.29 is 4.79 Å². The summed E-state index contributed by atoms with van der Waals surface area (Å²) in [7, 11) is 0. The highest BCUT2D eigenvalue weighted by molar-refractivity contribution is 5.94. The lowest BCUT2D eigenvalue weighted by atomic mass is 10.1. The molecule has 1 amide bonds. The standard InChI is InChI=1S/C15H24N2O/c1-4-5-6-14(10-16)17-15(18)13-8-11(2)7-12(3)9-13/h7-9,14H,4-6,10,16H2,1-3H3,(H,17,18). The van der Waals surface area contributed by atoms with Gasteiger partial charge in [-0.15, -0.1) is 0 Å². The minimum atomic E-state index is -0.0200. The van der Waals surface area contributed by atoms with Crippen LogP contribution in [0.4, 0.5) is 0 Å². The van der Waals surface area contributed by atoms with Gasteiger partial charge in [0.15, 0.2) is 0 Å². The van der Waals surface area contributed by atoms with Crippen LogP contribution in [0.3, 0.4) is 0 Å². The molecule has 3 heteroatoms. The number of rotatable bonds is 6. The van der Waals surface area contributed by atoms with Gasteiger partial charge in [0.1, 0.15) is 0 Å². The van der Waals surface area contributed by atoms with Crippen LogP contribution in [0.2, 0.25) is 0 Å². The molecule has 0 fully saturated rings. The molecule has 0 aliphatic heterocycles. The Hall–Kier alpha value is -1.35. The Labute approximate surface area is 110 Å². The maximum Gasteiger partial charge on any atom is 0.251 e. The molecule has 0 radical (unpaired) electrons. The molecule has 18 heavy (non-hydrogen) atoms. The van der Waals surface area contributed by atoms with Crippen molar-refractivity contribution in [1.82, 2.24) is 5.32 Å². The Balaban J connectivity index is 2.68. The van der Waals surface area contributed by atoms with Crippen LogP contribution in [0.25, 0.3) is 0 Å². The van der Waals surface area contributed by atoms with Gasteiger partial charge >= 0.3 is 0 Å². The normalized spacial score (nSPS) is 12.2. The summed E-state index contributed by atoms with van der Waals surface area (Å²) in [6.07, 6.45) is 3.16. The van der Waals surface area contributed by atoms with Crippen LogP contribution in [0.15, 0.2) is 18.2 Å². The van der Waals surface area contributed by atoms with Crippen molar-refractivity contribution in [3.05, 3.63) is 34.9 Å². The number of unbranched alkanes of at least 4 members (excludes halogenated alkanes) is 1. The molecule has 0 saturated carbocycles. The summed E-state index contributed by atoms with van der Waals surface area (Å²) in [5, 5.41) is 3.01. The predicted molar refractivity (Wildman–Crippen MR) is 75.7 cm³/mol. The van der Waals surface area contributed by atoms with Gasteiger partial charge in [-0.05, 0) is 32.4 Å². The van der Waals surface area contributed by atoms with Crippen LogP contribution >= 0.6 is 0 Å². The van der Waals surface area contributed by atoms with E-state index in [1.54, 1.807) is 0 Å². The number of nitrogens with two attached hydrogens (primary N) is 1. The van der Waals surface area contributed by atoms with Crippen LogP contribution in [-0.2, 0) is 0 Å². The molecule has 0 aliphatic rings. The maximum atomic E-state index is 12.1. The number of benzene rings is 1.